The second kappa shape index (κ2) is 7.07. The summed E-state index contributed by atoms with van der Waals surface area (Å²) >= 11 is 0. The maximum absolute atomic E-state index is 13.9. The summed E-state index contributed by atoms with van der Waals surface area (Å²) in [4.78, 5) is 6.32. The Balaban J connectivity index is 2.32. The van der Waals surface area contributed by atoms with Gasteiger partial charge in [0.15, 0.2) is 0 Å². The van der Waals surface area contributed by atoms with Crippen LogP contribution in [0.4, 0.5) is 21.5 Å². The predicted octanol–water partition coefficient (Wildman–Crippen LogP) is 4.80. The van der Waals surface area contributed by atoms with Gasteiger partial charge in [0.1, 0.15) is 5.82 Å². The third-order valence-electron chi connectivity index (χ3n) is 3.53. The highest BCUT2D eigenvalue weighted by Gasteiger charge is 2.07. The van der Waals surface area contributed by atoms with E-state index in [0.717, 1.165) is 29.0 Å². The molecule has 0 saturated carbocycles. The first-order valence-corrected chi connectivity index (χ1v) is 7.38. The van der Waals surface area contributed by atoms with E-state index in [0.29, 0.717) is 5.69 Å². The van der Waals surface area contributed by atoms with Crippen LogP contribution in [0.3, 0.4) is 0 Å². The van der Waals surface area contributed by atoms with Crippen molar-refractivity contribution in [1.82, 2.24) is 4.90 Å². The van der Waals surface area contributed by atoms with Crippen LogP contribution in [0.1, 0.15) is 18.1 Å². The molecule has 2 rings (SSSR count). The van der Waals surface area contributed by atoms with Crippen molar-refractivity contribution in [3.05, 3.63) is 53.3 Å². The van der Waals surface area contributed by atoms with Crippen molar-refractivity contribution in [1.29, 1.82) is 0 Å². The monoisotopic (exact) mass is 299 g/mol. The second-order valence-electron chi connectivity index (χ2n) is 5.41. The highest BCUT2D eigenvalue weighted by Crippen LogP contribution is 2.30. The van der Waals surface area contributed by atoms with Crippen LogP contribution < -0.4 is 5.32 Å². The average molecular weight is 299 g/mol. The fourth-order valence-electron chi connectivity index (χ4n) is 2.05. The number of benzene rings is 2. The van der Waals surface area contributed by atoms with Crippen LogP contribution in [0.15, 0.2) is 41.4 Å². The lowest BCUT2D eigenvalue weighted by molar-refractivity contribution is 0.552. The highest BCUT2D eigenvalue weighted by atomic mass is 19.1. The Morgan fingerprint density at radius 3 is 2.68 bits per heavy atom. The number of nitrogens with zero attached hydrogens (tertiary/aromatic N) is 2. The third kappa shape index (κ3) is 4.07. The molecule has 1 N–H and O–H groups in total. The molecule has 3 nitrogen and oxygen atoms in total. The Kier molecular flexibility index (Phi) is 5.15. The lowest BCUT2D eigenvalue weighted by Gasteiger charge is -2.13. The second-order valence-corrected chi connectivity index (χ2v) is 5.41. The first-order valence-electron chi connectivity index (χ1n) is 7.38. The molecule has 0 heterocycles. The smallest absolute Gasteiger partial charge is 0.127 e. The van der Waals surface area contributed by atoms with Crippen LogP contribution in [0, 0.1) is 19.7 Å². The summed E-state index contributed by atoms with van der Waals surface area (Å²) in [6.45, 7) is 6.86. The quantitative estimate of drug-likeness (QED) is 0.634. The molecule has 2 aromatic rings. The van der Waals surface area contributed by atoms with Crippen LogP contribution in [0.25, 0.3) is 0 Å². The van der Waals surface area contributed by atoms with Crippen molar-refractivity contribution in [2.45, 2.75) is 20.8 Å². The van der Waals surface area contributed by atoms with E-state index in [-0.39, 0.29) is 5.82 Å². The zero-order valence-electron chi connectivity index (χ0n) is 13.5. The van der Waals surface area contributed by atoms with Crippen LogP contribution in [-0.4, -0.2) is 24.8 Å². The van der Waals surface area contributed by atoms with Crippen molar-refractivity contribution >= 4 is 23.4 Å². The number of anilines is 2. The van der Waals surface area contributed by atoms with Crippen molar-refractivity contribution in [2.24, 2.45) is 4.99 Å². The first-order chi connectivity index (χ1) is 10.5. The Bertz CT molecular complexity index is 680. The van der Waals surface area contributed by atoms with Crippen LogP contribution >= 0.6 is 0 Å². The fourth-order valence-corrected chi connectivity index (χ4v) is 2.05. The van der Waals surface area contributed by atoms with Gasteiger partial charge in [-0.3, -0.25) is 0 Å². The molecule has 0 aliphatic carbocycles. The van der Waals surface area contributed by atoms with Gasteiger partial charge in [0.2, 0.25) is 0 Å². The van der Waals surface area contributed by atoms with E-state index in [2.05, 4.69) is 10.3 Å². The van der Waals surface area contributed by atoms with Gasteiger partial charge in [-0.15, -0.1) is 0 Å². The molecule has 4 heteroatoms. The minimum absolute atomic E-state index is 0.299. The zero-order chi connectivity index (χ0) is 16.1. The van der Waals surface area contributed by atoms with Crippen molar-refractivity contribution in [3.8, 4) is 0 Å². The summed E-state index contributed by atoms with van der Waals surface area (Å²) in [5.74, 6) is -0.299. The molecule has 0 radical (unpaired) electrons. The first kappa shape index (κ1) is 16.0. The summed E-state index contributed by atoms with van der Waals surface area (Å²) in [5.41, 5.74) is 4.38. The third-order valence-corrected chi connectivity index (χ3v) is 3.53. The fraction of sp³-hybridized carbons (Fsp3) is 0.278. The van der Waals surface area contributed by atoms with Gasteiger partial charge in [-0.05, 0) is 56.2 Å². The van der Waals surface area contributed by atoms with E-state index < -0.39 is 0 Å². The molecule has 0 fully saturated rings. The molecule has 2 aromatic carbocycles. The normalized spacial score (nSPS) is 11.0. The number of aliphatic imine (C=N–C) groups is 1. The highest BCUT2D eigenvalue weighted by molar-refractivity contribution is 5.72. The predicted molar refractivity (Wildman–Crippen MR) is 92.1 cm³/mol. The van der Waals surface area contributed by atoms with Gasteiger partial charge in [0, 0.05) is 25.0 Å². The van der Waals surface area contributed by atoms with Gasteiger partial charge in [-0.25, -0.2) is 9.38 Å². The molecule has 0 aliphatic heterocycles. The maximum atomic E-state index is 13.9. The van der Waals surface area contributed by atoms with E-state index in [1.54, 1.807) is 6.34 Å². The van der Waals surface area contributed by atoms with E-state index >= 15 is 0 Å². The number of halogens is 1. The Morgan fingerprint density at radius 1 is 1.23 bits per heavy atom. The molecular weight excluding hydrogens is 277 g/mol. The van der Waals surface area contributed by atoms with Gasteiger partial charge < -0.3 is 10.2 Å². The molecule has 0 aliphatic rings. The summed E-state index contributed by atoms with van der Waals surface area (Å²) < 4.78 is 13.9. The Morgan fingerprint density at radius 2 is 2.00 bits per heavy atom. The summed E-state index contributed by atoms with van der Waals surface area (Å²) in [6, 6.07) is 10.9. The van der Waals surface area contributed by atoms with Gasteiger partial charge in [0.25, 0.3) is 0 Å². The number of rotatable bonds is 5. The summed E-state index contributed by atoms with van der Waals surface area (Å²) in [6.07, 6.45) is 1.72. The van der Waals surface area contributed by atoms with Crippen molar-refractivity contribution < 1.29 is 4.39 Å². The summed E-state index contributed by atoms with van der Waals surface area (Å²) in [5, 5.41) is 3.27. The minimum atomic E-state index is -0.299. The van der Waals surface area contributed by atoms with Crippen LogP contribution in [-0.2, 0) is 0 Å². The van der Waals surface area contributed by atoms with Crippen molar-refractivity contribution in [2.75, 3.05) is 18.9 Å². The lowest BCUT2D eigenvalue weighted by Crippen LogP contribution is -2.14. The topological polar surface area (TPSA) is 27.6 Å². The SMILES string of the molecule is CCN(C)C=Nc1cc(F)cc(Nc2cccc(C)c2)c1C. The molecule has 0 bridgehead atoms. The largest absolute Gasteiger partial charge is 0.366 e. The van der Waals surface area contributed by atoms with Gasteiger partial charge in [-0.2, -0.15) is 0 Å². The summed E-state index contributed by atoms with van der Waals surface area (Å²) in [7, 11) is 1.93. The van der Waals surface area contributed by atoms with Crippen LogP contribution in [0.2, 0.25) is 0 Å². The maximum Gasteiger partial charge on any atom is 0.127 e. The average Bonchev–Trinajstić information content (AvgIpc) is 2.48. The van der Waals surface area contributed by atoms with Gasteiger partial charge >= 0.3 is 0 Å². The minimum Gasteiger partial charge on any atom is -0.366 e. The molecule has 0 unspecified atom stereocenters. The van der Waals surface area contributed by atoms with Gasteiger partial charge in [-0.1, -0.05) is 12.1 Å². The van der Waals surface area contributed by atoms with E-state index in [4.69, 9.17) is 0 Å². The number of hydrogen-bond donors (Lipinski definition) is 1. The van der Waals surface area contributed by atoms with Crippen molar-refractivity contribution in [3.63, 3.8) is 0 Å². The number of nitrogens with one attached hydrogen (secondary N) is 1. The molecule has 116 valence electrons. The molecule has 0 amide bonds. The van der Waals surface area contributed by atoms with E-state index in [1.165, 1.54) is 12.1 Å². The van der Waals surface area contributed by atoms with Crippen LogP contribution in [0.5, 0.6) is 0 Å². The molecule has 0 spiro atoms. The van der Waals surface area contributed by atoms with E-state index in [9.17, 15) is 4.39 Å². The van der Waals surface area contributed by atoms with Gasteiger partial charge in [0.05, 0.1) is 12.0 Å². The molecule has 0 aromatic heterocycles. The number of hydrogen-bond acceptors (Lipinski definition) is 2. The van der Waals surface area contributed by atoms with E-state index in [1.807, 2.05) is 57.0 Å². The standard InChI is InChI=1S/C18H22FN3/c1-5-22(4)12-20-17-10-15(19)11-18(14(17)3)21-16-8-6-7-13(2)9-16/h6-12,21H,5H2,1-4H3. The Hall–Kier alpha value is -2.36. The number of aryl methyl sites for hydroxylation is 1. The molecule has 0 saturated heterocycles. The lowest BCUT2D eigenvalue weighted by atomic mass is 10.1. The zero-order valence-corrected chi connectivity index (χ0v) is 13.5. The molecular formula is C18H22FN3. The molecule has 0 atom stereocenters. The Labute approximate surface area is 131 Å². The molecule has 22 heavy (non-hydrogen) atoms.